The quantitative estimate of drug-likeness (QED) is 0.503. The zero-order valence-corrected chi connectivity index (χ0v) is 7.53. The summed E-state index contributed by atoms with van der Waals surface area (Å²) in [5.41, 5.74) is 4.71. The van der Waals surface area contributed by atoms with Crippen molar-refractivity contribution in [3.8, 4) is 0 Å². The molecule has 0 aromatic rings. The highest BCUT2D eigenvalue weighted by Crippen LogP contribution is 2.20. The minimum Gasteiger partial charge on any atom is -0.480 e. The summed E-state index contributed by atoms with van der Waals surface area (Å²) in [7, 11) is 0. The molecule has 0 aliphatic rings. The monoisotopic (exact) mass is 179 g/mol. The molecule has 0 saturated heterocycles. The minimum atomic E-state index is -1.20. The number of carboxylic acid groups (broad SMARTS) is 1. The van der Waals surface area contributed by atoms with Gasteiger partial charge in [0.1, 0.15) is 6.04 Å². The Labute approximate surface area is 71.5 Å². The van der Waals surface area contributed by atoms with Gasteiger partial charge in [-0.25, -0.2) is 0 Å². The van der Waals surface area contributed by atoms with Gasteiger partial charge in [0.15, 0.2) is 0 Å². The molecular formula is C7H17NO4. The van der Waals surface area contributed by atoms with Gasteiger partial charge in [0, 0.05) is 0 Å². The molecule has 0 fully saturated rings. The standard InChI is InChI=1S/C7H15NO3.H2O/c1-7(2,3)5(9)4(8)6(10)11;/h4-5,9H,8H2,1-3H3,(H,10,11);1H2. The molecule has 74 valence electrons. The lowest BCUT2D eigenvalue weighted by Crippen LogP contribution is -2.48. The third kappa shape index (κ3) is 3.66. The van der Waals surface area contributed by atoms with Crippen molar-refractivity contribution in [1.29, 1.82) is 0 Å². The number of nitrogens with two attached hydrogens (primary N) is 1. The predicted molar refractivity (Wildman–Crippen MR) is 44.7 cm³/mol. The van der Waals surface area contributed by atoms with Crippen molar-refractivity contribution < 1.29 is 20.5 Å². The van der Waals surface area contributed by atoms with Crippen molar-refractivity contribution in [3.63, 3.8) is 0 Å². The van der Waals surface area contributed by atoms with Gasteiger partial charge in [-0.2, -0.15) is 0 Å². The number of rotatable bonds is 2. The van der Waals surface area contributed by atoms with Gasteiger partial charge in [-0.05, 0) is 5.41 Å². The minimum absolute atomic E-state index is 0. The molecule has 2 atom stereocenters. The van der Waals surface area contributed by atoms with Crippen LogP contribution < -0.4 is 5.73 Å². The van der Waals surface area contributed by atoms with Crippen LogP contribution in [0, 0.1) is 5.41 Å². The number of aliphatic carboxylic acids is 1. The van der Waals surface area contributed by atoms with Crippen LogP contribution in [-0.4, -0.2) is 33.8 Å². The van der Waals surface area contributed by atoms with Gasteiger partial charge >= 0.3 is 5.97 Å². The summed E-state index contributed by atoms with van der Waals surface area (Å²) in [6, 6.07) is -1.20. The van der Waals surface area contributed by atoms with Crippen LogP contribution in [0.5, 0.6) is 0 Å². The molecule has 2 unspecified atom stereocenters. The molecule has 0 spiro atoms. The molecule has 0 aliphatic heterocycles. The molecule has 6 N–H and O–H groups in total. The predicted octanol–water partition coefficient (Wildman–Crippen LogP) is -1.02. The molecule has 0 aliphatic carbocycles. The van der Waals surface area contributed by atoms with Crippen LogP contribution in [0.15, 0.2) is 0 Å². The third-order valence-corrected chi connectivity index (χ3v) is 1.51. The van der Waals surface area contributed by atoms with E-state index in [0.29, 0.717) is 0 Å². The van der Waals surface area contributed by atoms with Gasteiger partial charge in [-0.3, -0.25) is 4.79 Å². The van der Waals surface area contributed by atoms with E-state index < -0.39 is 23.5 Å². The molecule has 0 heterocycles. The largest absolute Gasteiger partial charge is 0.480 e. The summed E-state index contributed by atoms with van der Waals surface area (Å²) in [6.07, 6.45) is -1.01. The summed E-state index contributed by atoms with van der Waals surface area (Å²) in [5, 5.41) is 17.7. The molecule has 0 bridgehead atoms. The SMILES string of the molecule is CC(C)(C)C(O)C(N)C(=O)O.O. The van der Waals surface area contributed by atoms with Gasteiger partial charge in [0.2, 0.25) is 0 Å². The molecule has 5 nitrogen and oxygen atoms in total. The number of aliphatic hydroxyl groups is 1. The molecular weight excluding hydrogens is 162 g/mol. The third-order valence-electron chi connectivity index (χ3n) is 1.51. The number of hydrogen-bond acceptors (Lipinski definition) is 3. The van der Waals surface area contributed by atoms with Crippen LogP contribution in [0.4, 0.5) is 0 Å². The zero-order chi connectivity index (χ0) is 9.23. The fourth-order valence-corrected chi connectivity index (χ4v) is 0.674. The highest BCUT2D eigenvalue weighted by molar-refractivity contribution is 5.74. The van der Waals surface area contributed by atoms with Gasteiger partial charge in [-0.1, -0.05) is 20.8 Å². The van der Waals surface area contributed by atoms with Crippen LogP contribution in [-0.2, 0) is 4.79 Å². The fraction of sp³-hybridized carbons (Fsp3) is 0.857. The summed E-state index contributed by atoms with van der Waals surface area (Å²) in [4.78, 5) is 10.3. The molecule has 0 amide bonds. The number of hydrogen-bond donors (Lipinski definition) is 3. The molecule has 0 aromatic carbocycles. The van der Waals surface area contributed by atoms with Crippen LogP contribution in [0.2, 0.25) is 0 Å². The maximum atomic E-state index is 10.3. The van der Waals surface area contributed by atoms with E-state index in [2.05, 4.69) is 0 Å². The first-order chi connectivity index (χ1) is 4.76. The average molecular weight is 179 g/mol. The Kier molecular flexibility index (Phi) is 5.09. The summed E-state index contributed by atoms with van der Waals surface area (Å²) < 4.78 is 0. The molecule has 12 heavy (non-hydrogen) atoms. The van der Waals surface area contributed by atoms with E-state index in [1.54, 1.807) is 20.8 Å². The van der Waals surface area contributed by atoms with Gasteiger partial charge in [0.05, 0.1) is 6.10 Å². The van der Waals surface area contributed by atoms with E-state index in [-0.39, 0.29) is 5.48 Å². The van der Waals surface area contributed by atoms with E-state index >= 15 is 0 Å². The van der Waals surface area contributed by atoms with Crippen LogP contribution in [0.1, 0.15) is 20.8 Å². The molecule has 0 saturated carbocycles. The number of carboxylic acids is 1. The first-order valence-electron chi connectivity index (χ1n) is 3.43. The van der Waals surface area contributed by atoms with Crippen molar-refractivity contribution in [2.75, 3.05) is 0 Å². The molecule has 5 heteroatoms. The Balaban J connectivity index is 0. The lowest BCUT2D eigenvalue weighted by Gasteiger charge is -2.28. The van der Waals surface area contributed by atoms with Crippen molar-refractivity contribution in [1.82, 2.24) is 0 Å². The lowest BCUT2D eigenvalue weighted by atomic mass is 9.85. The van der Waals surface area contributed by atoms with E-state index in [1.165, 1.54) is 0 Å². The smallest absolute Gasteiger partial charge is 0.323 e. The molecule has 0 rings (SSSR count). The first-order valence-corrected chi connectivity index (χ1v) is 3.43. The van der Waals surface area contributed by atoms with Crippen molar-refractivity contribution >= 4 is 5.97 Å². The Hall–Kier alpha value is -0.650. The lowest BCUT2D eigenvalue weighted by molar-refractivity contribution is -0.143. The Morgan fingerprint density at radius 2 is 1.75 bits per heavy atom. The van der Waals surface area contributed by atoms with Gasteiger partial charge < -0.3 is 21.4 Å². The summed E-state index contributed by atoms with van der Waals surface area (Å²) in [5.74, 6) is -1.17. The highest BCUT2D eigenvalue weighted by Gasteiger charge is 2.32. The number of aliphatic hydroxyl groups excluding tert-OH is 1. The topological polar surface area (TPSA) is 115 Å². The summed E-state index contributed by atoms with van der Waals surface area (Å²) in [6.45, 7) is 5.21. The second-order valence-electron chi connectivity index (χ2n) is 3.67. The molecule has 0 aromatic heterocycles. The summed E-state index contributed by atoms with van der Waals surface area (Å²) >= 11 is 0. The zero-order valence-electron chi connectivity index (χ0n) is 7.53. The highest BCUT2D eigenvalue weighted by atomic mass is 16.4. The van der Waals surface area contributed by atoms with E-state index in [0.717, 1.165) is 0 Å². The van der Waals surface area contributed by atoms with Crippen LogP contribution >= 0.6 is 0 Å². The Bertz CT molecular complexity index is 152. The fourth-order valence-electron chi connectivity index (χ4n) is 0.674. The van der Waals surface area contributed by atoms with Crippen molar-refractivity contribution in [2.45, 2.75) is 32.9 Å². The van der Waals surface area contributed by atoms with Crippen molar-refractivity contribution in [3.05, 3.63) is 0 Å². The van der Waals surface area contributed by atoms with Gasteiger partial charge in [-0.15, -0.1) is 0 Å². The first kappa shape index (κ1) is 13.9. The van der Waals surface area contributed by atoms with Crippen molar-refractivity contribution in [2.24, 2.45) is 11.1 Å². The van der Waals surface area contributed by atoms with Gasteiger partial charge in [0.25, 0.3) is 0 Å². The molecule has 0 radical (unpaired) electrons. The second-order valence-corrected chi connectivity index (χ2v) is 3.67. The Morgan fingerprint density at radius 1 is 1.42 bits per heavy atom. The maximum Gasteiger partial charge on any atom is 0.323 e. The van der Waals surface area contributed by atoms with E-state index in [4.69, 9.17) is 10.8 Å². The van der Waals surface area contributed by atoms with Crippen LogP contribution in [0.25, 0.3) is 0 Å². The Morgan fingerprint density at radius 3 is 1.83 bits per heavy atom. The average Bonchev–Trinajstić information content (AvgIpc) is 1.82. The number of carbonyl (C=O) groups is 1. The van der Waals surface area contributed by atoms with E-state index in [1.807, 2.05) is 0 Å². The normalized spacial score (nSPS) is 16.1. The maximum absolute atomic E-state index is 10.3. The van der Waals surface area contributed by atoms with E-state index in [9.17, 15) is 9.90 Å². The second kappa shape index (κ2) is 4.39. The van der Waals surface area contributed by atoms with Crippen LogP contribution in [0.3, 0.4) is 0 Å².